The molecule has 0 radical (unpaired) electrons. The van der Waals surface area contributed by atoms with Gasteiger partial charge in [-0.25, -0.2) is 0 Å². The van der Waals surface area contributed by atoms with E-state index in [4.69, 9.17) is 12.2 Å². The van der Waals surface area contributed by atoms with Gasteiger partial charge in [-0.15, -0.1) is 0 Å². The molecule has 0 saturated carbocycles. The second-order valence-corrected chi connectivity index (χ2v) is 4.37. The molecule has 0 aliphatic heterocycles. The average molecular weight is 205 g/mol. The Bertz CT molecular complexity index is 122. The molecule has 0 N–H and O–H groups in total. The molecule has 0 amide bonds. The summed E-state index contributed by atoms with van der Waals surface area (Å²) in [7, 11) is 0. The van der Waals surface area contributed by atoms with Crippen molar-refractivity contribution in [1.82, 2.24) is 4.90 Å². The van der Waals surface area contributed by atoms with E-state index in [1.165, 1.54) is 18.6 Å². The van der Waals surface area contributed by atoms with Crippen molar-refractivity contribution in [3.05, 3.63) is 0 Å². The summed E-state index contributed by atoms with van der Waals surface area (Å²) in [5.41, 5.74) is 0. The molecule has 12 heavy (non-hydrogen) atoms. The van der Waals surface area contributed by atoms with Crippen molar-refractivity contribution in [3.63, 3.8) is 0 Å². The van der Waals surface area contributed by atoms with Crippen LogP contribution in [0.15, 0.2) is 0 Å². The number of nitrogens with zero attached hydrogens (tertiary/aromatic N) is 1. The molecule has 0 fully saturated rings. The Hall–Kier alpha value is 0.240. The normalized spacial score (nSPS) is 9.92. The van der Waals surface area contributed by atoms with Crippen LogP contribution in [-0.2, 0) is 0 Å². The number of thioether (sulfide) groups is 1. The maximum atomic E-state index is 5.28. The summed E-state index contributed by atoms with van der Waals surface area (Å²) in [5.74, 6) is 1.17. The first-order chi connectivity index (χ1) is 5.76. The van der Waals surface area contributed by atoms with Crippen LogP contribution in [0, 0.1) is 0 Å². The number of thiocarbonyl (C=S) groups is 1. The van der Waals surface area contributed by atoms with E-state index in [0.29, 0.717) is 0 Å². The van der Waals surface area contributed by atoms with E-state index in [-0.39, 0.29) is 0 Å². The zero-order chi connectivity index (χ0) is 9.40. The lowest BCUT2D eigenvalue weighted by Gasteiger charge is -2.20. The smallest absolute Gasteiger partial charge is 0.136 e. The van der Waals surface area contributed by atoms with E-state index in [1.54, 1.807) is 0 Å². The van der Waals surface area contributed by atoms with Crippen molar-refractivity contribution in [2.24, 2.45) is 0 Å². The van der Waals surface area contributed by atoms with Crippen LogP contribution < -0.4 is 0 Å². The van der Waals surface area contributed by atoms with Crippen molar-refractivity contribution >= 4 is 28.3 Å². The lowest BCUT2D eigenvalue weighted by atomic mass is 10.4. The molecule has 0 bridgehead atoms. The van der Waals surface area contributed by atoms with Gasteiger partial charge < -0.3 is 4.90 Å². The summed E-state index contributed by atoms with van der Waals surface area (Å²) in [6.45, 7) is 8.58. The van der Waals surface area contributed by atoms with Crippen LogP contribution in [0.25, 0.3) is 0 Å². The fraction of sp³-hybridized carbons (Fsp3) is 0.889. The Morgan fingerprint density at radius 2 is 1.83 bits per heavy atom. The Labute approximate surface area is 85.9 Å². The molecule has 1 nitrogen and oxygen atoms in total. The van der Waals surface area contributed by atoms with Gasteiger partial charge in [-0.05, 0) is 20.3 Å². The summed E-state index contributed by atoms with van der Waals surface area (Å²) >= 11 is 7.09. The van der Waals surface area contributed by atoms with Gasteiger partial charge >= 0.3 is 0 Å². The van der Waals surface area contributed by atoms with E-state index < -0.39 is 0 Å². The van der Waals surface area contributed by atoms with E-state index in [9.17, 15) is 0 Å². The Kier molecular flexibility index (Phi) is 8.02. The number of unbranched alkanes of at least 4 members (excludes halogenated alkanes) is 1. The highest BCUT2D eigenvalue weighted by molar-refractivity contribution is 8.22. The maximum Gasteiger partial charge on any atom is 0.136 e. The van der Waals surface area contributed by atoms with Crippen LogP contribution in [-0.4, -0.2) is 28.1 Å². The van der Waals surface area contributed by atoms with E-state index in [0.717, 1.165) is 17.4 Å². The van der Waals surface area contributed by atoms with Crippen LogP contribution in [0.2, 0.25) is 0 Å². The standard InChI is InChI=1S/C9H19NS2/c1-4-7-8-12-9(11)10(5-2)6-3/h4-8H2,1-3H3. The van der Waals surface area contributed by atoms with E-state index in [1.807, 2.05) is 11.8 Å². The topological polar surface area (TPSA) is 3.24 Å². The predicted octanol–water partition coefficient (Wildman–Crippen LogP) is 3.15. The number of hydrogen-bond donors (Lipinski definition) is 0. The molecule has 0 rings (SSSR count). The minimum Gasteiger partial charge on any atom is -0.358 e. The van der Waals surface area contributed by atoms with Crippen LogP contribution in [0.1, 0.15) is 33.6 Å². The molecule has 0 unspecified atom stereocenters. The predicted molar refractivity (Wildman–Crippen MR) is 62.9 cm³/mol. The van der Waals surface area contributed by atoms with E-state index in [2.05, 4.69) is 25.7 Å². The van der Waals surface area contributed by atoms with Crippen molar-refractivity contribution in [2.45, 2.75) is 33.6 Å². The third-order valence-electron chi connectivity index (χ3n) is 1.75. The van der Waals surface area contributed by atoms with Crippen LogP contribution in [0.3, 0.4) is 0 Å². The van der Waals surface area contributed by atoms with Crippen molar-refractivity contribution < 1.29 is 0 Å². The largest absolute Gasteiger partial charge is 0.358 e. The molecule has 0 saturated heterocycles. The molecule has 3 heteroatoms. The lowest BCUT2D eigenvalue weighted by molar-refractivity contribution is 0.482. The molecule has 0 aromatic heterocycles. The van der Waals surface area contributed by atoms with Crippen LogP contribution >= 0.6 is 24.0 Å². The lowest BCUT2D eigenvalue weighted by Crippen LogP contribution is -2.26. The summed E-state index contributed by atoms with van der Waals surface area (Å²) in [6.07, 6.45) is 2.53. The van der Waals surface area contributed by atoms with Gasteiger partial charge in [0.25, 0.3) is 0 Å². The highest BCUT2D eigenvalue weighted by Gasteiger charge is 2.03. The Morgan fingerprint density at radius 3 is 2.25 bits per heavy atom. The van der Waals surface area contributed by atoms with Gasteiger partial charge in [-0.3, -0.25) is 0 Å². The zero-order valence-electron chi connectivity index (χ0n) is 8.30. The molecular weight excluding hydrogens is 186 g/mol. The third kappa shape index (κ3) is 4.99. The van der Waals surface area contributed by atoms with Crippen molar-refractivity contribution in [1.29, 1.82) is 0 Å². The molecular formula is C9H19NS2. The van der Waals surface area contributed by atoms with Gasteiger partial charge in [0.15, 0.2) is 0 Å². The van der Waals surface area contributed by atoms with Crippen LogP contribution in [0.5, 0.6) is 0 Å². The Balaban J connectivity index is 3.54. The second-order valence-electron chi connectivity index (χ2n) is 2.64. The minimum absolute atomic E-state index is 1.04. The Morgan fingerprint density at radius 1 is 1.25 bits per heavy atom. The van der Waals surface area contributed by atoms with Gasteiger partial charge in [0.1, 0.15) is 4.32 Å². The quantitative estimate of drug-likeness (QED) is 0.501. The first kappa shape index (κ1) is 12.2. The molecule has 0 aliphatic carbocycles. The molecule has 72 valence electrons. The molecule has 0 atom stereocenters. The first-order valence-corrected chi connectivity index (χ1v) is 6.07. The average Bonchev–Trinajstić information content (AvgIpc) is 2.07. The molecule has 0 spiro atoms. The molecule has 0 aliphatic rings. The molecule has 0 aromatic carbocycles. The maximum absolute atomic E-state index is 5.28. The highest BCUT2D eigenvalue weighted by atomic mass is 32.2. The molecule has 0 aromatic rings. The third-order valence-corrected chi connectivity index (χ3v) is 3.35. The summed E-state index contributed by atoms with van der Waals surface area (Å²) < 4.78 is 1.06. The van der Waals surface area contributed by atoms with Gasteiger partial charge in [0.2, 0.25) is 0 Å². The fourth-order valence-corrected chi connectivity index (χ4v) is 2.43. The summed E-state index contributed by atoms with van der Waals surface area (Å²) in [4.78, 5) is 2.23. The second kappa shape index (κ2) is 7.87. The first-order valence-electron chi connectivity index (χ1n) is 4.67. The fourth-order valence-electron chi connectivity index (χ4n) is 0.877. The van der Waals surface area contributed by atoms with Gasteiger partial charge in [0, 0.05) is 18.8 Å². The minimum atomic E-state index is 1.04. The van der Waals surface area contributed by atoms with Gasteiger partial charge in [0.05, 0.1) is 0 Å². The van der Waals surface area contributed by atoms with E-state index >= 15 is 0 Å². The summed E-state index contributed by atoms with van der Waals surface area (Å²) in [6, 6.07) is 0. The van der Waals surface area contributed by atoms with Crippen LogP contribution in [0.4, 0.5) is 0 Å². The number of hydrogen-bond acceptors (Lipinski definition) is 2. The molecule has 0 heterocycles. The summed E-state index contributed by atoms with van der Waals surface area (Å²) in [5, 5.41) is 0. The zero-order valence-corrected chi connectivity index (χ0v) is 9.93. The number of rotatable bonds is 5. The monoisotopic (exact) mass is 205 g/mol. The van der Waals surface area contributed by atoms with Gasteiger partial charge in [-0.1, -0.05) is 37.3 Å². The van der Waals surface area contributed by atoms with Gasteiger partial charge in [-0.2, -0.15) is 0 Å². The SMILES string of the molecule is CCCCSC(=S)N(CC)CC. The van der Waals surface area contributed by atoms with Crippen molar-refractivity contribution in [3.8, 4) is 0 Å². The van der Waals surface area contributed by atoms with Crippen molar-refractivity contribution in [2.75, 3.05) is 18.8 Å². The highest BCUT2D eigenvalue weighted by Crippen LogP contribution is 2.11.